The fraction of sp³-hybridized carbons (Fsp3) is 0.500. The summed E-state index contributed by atoms with van der Waals surface area (Å²) >= 11 is 3.37. The summed E-state index contributed by atoms with van der Waals surface area (Å²) in [6, 6.07) is 3.70. The lowest BCUT2D eigenvalue weighted by Crippen LogP contribution is -2.32. The first-order valence-corrected chi connectivity index (χ1v) is 5.97. The number of phenols is 1. The van der Waals surface area contributed by atoms with Gasteiger partial charge in [-0.1, -0.05) is 6.07 Å². The number of benzene rings is 1. The Hall–Kier alpha value is -0.740. The number of rotatable bonds is 4. The highest BCUT2D eigenvalue weighted by Crippen LogP contribution is 2.37. The van der Waals surface area contributed by atoms with Gasteiger partial charge in [-0.15, -0.1) is 0 Å². The van der Waals surface area contributed by atoms with Crippen molar-refractivity contribution < 1.29 is 9.84 Å². The predicted octanol–water partition coefficient (Wildman–Crippen LogP) is 2.83. The van der Waals surface area contributed by atoms with Gasteiger partial charge >= 0.3 is 0 Å². The van der Waals surface area contributed by atoms with Gasteiger partial charge in [0.2, 0.25) is 0 Å². The molecule has 3 nitrogen and oxygen atoms in total. The van der Waals surface area contributed by atoms with Gasteiger partial charge in [-0.25, -0.2) is 0 Å². The quantitative estimate of drug-likeness (QED) is 0.895. The Bertz CT molecular complexity index is 372. The Morgan fingerprint density at radius 3 is 2.56 bits per heavy atom. The molecule has 16 heavy (non-hydrogen) atoms. The summed E-state index contributed by atoms with van der Waals surface area (Å²) < 4.78 is 5.71. The standard InChI is InChI=1S/C12H18BrNO2/c1-12(2,14)7-6-8-4-5-9(16-3)11(15)10(8)13/h4-5,15H,6-7,14H2,1-3H3. The molecule has 0 aliphatic carbocycles. The predicted molar refractivity (Wildman–Crippen MR) is 68.9 cm³/mol. The Balaban J connectivity index is 2.87. The van der Waals surface area contributed by atoms with Crippen molar-refractivity contribution in [1.29, 1.82) is 0 Å². The van der Waals surface area contributed by atoms with Crippen molar-refractivity contribution in [1.82, 2.24) is 0 Å². The Morgan fingerprint density at radius 2 is 2.06 bits per heavy atom. The molecular weight excluding hydrogens is 270 g/mol. The molecule has 0 amide bonds. The summed E-state index contributed by atoms with van der Waals surface area (Å²) in [4.78, 5) is 0. The van der Waals surface area contributed by atoms with Crippen LogP contribution >= 0.6 is 15.9 Å². The smallest absolute Gasteiger partial charge is 0.172 e. The second kappa shape index (κ2) is 5.06. The van der Waals surface area contributed by atoms with E-state index < -0.39 is 0 Å². The van der Waals surface area contributed by atoms with Crippen molar-refractivity contribution in [3.05, 3.63) is 22.2 Å². The van der Waals surface area contributed by atoms with Crippen LogP contribution in [0.1, 0.15) is 25.8 Å². The van der Waals surface area contributed by atoms with Crippen molar-refractivity contribution in [3.63, 3.8) is 0 Å². The van der Waals surface area contributed by atoms with E-state index in [1.54, 1.807) is 6.07 Å². The molecule has 0 spiro atoms. The molecule has 0 aromatic heterocycles. The Labute approximate surface area is 105 Å². The summed E-state index contributed by atoms with van der Waals surface area (Å²) in [5.41, 5.74) is 6.76. The first-order chi connectivity index (χ1) is 7.35. The molecule has 0 bridgehead atoms. The Kier molecular flexibility index (Phi) is 4.21. The highest BCUT2D eigenvalue weighted by Gasteiger charge is 2.14. The lowest BCUT2D eigenvalue weighted by atomic mass is 9.96. The van der Waals surface area contributed by atoms with Gasteiger partial charge in [0, 0.05) is 5.54 Å². The molecule has 90 valence electrons. The van der Waals surface area contributed by atoms with Crippen LogP contribution in [0.25, 0.3) is 0 Å². The van der Waals surface area contributed by atoms with Crippen LogP contribution in [0.15, 0.2) is 16.6 Å². The summed E-state index contributed by atoms with van der Waals surface area (Å²) in [7, 11) is 1.53. The molecule has 0 atom stereocenters. The number of ether oxygens (including phenoxy) is 1. The van der Waals surface area contributed by atoms with Crippen LogP contribution in [0.3, 0.4) is 0 Å². The first-order valence-electron chi connectivity index (χ1n) is 5.18. The zero-order chi connectivity index (χ0) is 12.3. The minimum Gasteiger partial charge on any atom is -0.503 e. The molecular formula is C12H18BrNO2. The van der Waals surface area contributed by atoms with E-state index >= 15 is 0 Å². The lowest BCUT2D eigenvalue weighted by molar-refractivity contribution is 0.371. The number of hydrogen-bond acceptors (Lipinski definition) is 3. The number of methoxy groups -OCH3 is 1. The second-order valence-corrected chi connectivity index (χ2v) is 5.37. The van der Waals surface area contributed by atoms with Crippen LogP contribution in [-0.4, -0.2) is 17.8 Å². The average molecular weight is 288 g/mol. The van der Waals surface area contributed by atoms with Gasteiger partial charge in [-0.3, -0.25) is 0 Å². The first kappa shape index (κ1) is 13.3. The summed E-state index contributed by atoms with van der Waals surface area (Å²) in [6.45, 7) is 3.98. The summed E-state index contributed by atoms with van der Waals surface area (Å²) in [6.07, 6.45) is 1.68. The zero-order valence-electron chi connectivity index (χ0n) is 9.88. The number of nitrogens with two attached hydrogens (primary N) is 1. The van der Waals surface area contributed by atoms with E-state index in [-0.39, 0.29) is 11.3 Å². The number of halogens is 1. The van der Waals surface area contributed by atoms with E-state index in [2.05, 4.69) is 15.9 Å². The van der Waals surface area contributed by atoms with Crippen LogP contribution in [0.5, 0.6) is 11.5 Å². The van der Waals surface area contributed by atoms with Crippen LogP contribution in [0.4, 0.5) is 0 Å². The highest BCUT2D eigenvalue weighted by atomic mass is 79.9. The molecule has 0 unspecified atom stereocenters. The monoisotopic (exact) mass is 287 g/mol. The van der Waals surface area contributed by atoms with Gasteiger partial charge in [0.05, 0.1) is 11.6 Å². The largest absolute Gasteiger partial charge is 0.503 e. The summed E-state index contributed by atoms with van der Waals surface area (Å²) in [5.74, 6) is 0.623. The molecule has 0 saturated heterocycles. The van der Waals surface area contributed by atoms with Crippen molar-refractivity contribution >= 4 is 15.9 Å². The average Bonchev–Trinajstić information content (AvgIpc) is 2.19. The molecule has 1 rings (SSSR count). The molecule has 0 heterocycles. The molecule has 4 heteroatoms. The van der Waals surface area contributed by atoms with E-state index in [0.29, 0.717) is 10.2 Å². The van der Waals surface area contributed by atoms with Crippen LogP contribution < -0.4 is 10.5 Å². The SMILES string of the molecule is COc1ccc(CCC(C)(C)N)c(Br)c1O. The number of aromatic hydroxyl groups is 1. The number of phenolic OH excluding ortho intramolecular Hbond substituents is 1. The fourth-order valence-corrected chi connectivity index (χ4v) is 1.93. The minimum absolute atomic E-state index is 0.148. The molecule has 1 aromatic rings. The van der Waals surface area contributed by atoms with E-state index in [1.165, 1.54) is 7.11 Å². The van der Waals surface area contributed by atoms with Crippen molar-refractivity contribution in [2.45, 2.75) is 32.2 Å². The second-order valence-electron chi connectivity index (χ2n) is 4.58. The van der Waals surface area contributed by atoms with Crippen LogP contribution in [0, 0.1) is 0 Å². The molecule has 0 radical (unpaired) electrons. The molecule has 0 aliphatic rings. The van der Waals surface area contributed by atoms with Gasteiger partial charge < -0.3 is 15.6 Å². The lowest BCUT2D eigenvalue weighted by Gasteiger charge is -2.19. The highest BCUT2D eigenvalue weighted by molar-refractivity contribution is 9.10. The van der Waals surface area contributed by atoms with Crippen molar-refractivity contribution in [3.8, 4) is 11.5 Å². The molecule has 3 N–H and O–H groups in total. The molecule has 0 fully saturated rings. The van der Waals surface area contributed by atoms with Gasteiger partial charge in [-0.2, -0.15) is 0 Å². The van der Waals surface area contributed by atoms with Gasteiger partial charge in [0.25, 0.3) is 0 Å². The van der Waals surface area contributed by atoms with Gasteiger partial charge in [0.15, 0.2) is 11.5 Å². The summed E-state index contributed by atoms with van der Waals surface area (Å²) in [5, 5.41) is 9.80. The number of hydrogen-bond donors (Lipinski definition) is 2. The van der Waals surface area contributed by atoms with E-state index in [0.717, 1.165) is 18.4 Å². The van der Waals surface area contributed by atoms with Crippen LogP contribution in [0.2, 0.25) is 0 Å². The van der Waals surface area contributed by atoms with E-state index in [9.17, 15) is 5.11 Å². The van der Waals surface area contributed by atoms with Crippen molar-refractivity contribution in [2.24, 2.45) is 5.73 Å². The maximum atomic E-state index is 9.80. The maximum Gasteiger partial charge on any atom is 0.172 e. The molecule has 0 aliphatic heterocycles. The third-order valence-electron chi connectivity index (χ3n) is 2.42. The third kappa shape index (κ3) is 3.39. The van der Waals surface area contributed by atoms with E-state index in [1.807, 2.05) is 19.9 Å². The number of aryl methyl sites for hydroxylation is 1. The molecule has 1 aromatic carbocycles. The van der Waals surface area contributed by atoms with E-state index in [4.69, 9.17) is 10.5 Å². The fourth-order valence-electron chi connectivity index (χ4n) is 1.40. The van der Waals surface area contributed by atoms with Gasteiger partial charge in [0.1, 0.15) is 0 Å². The van der Waals surface area contributed by atoms with Crippen LogP contribution in [-0.2, 0) is 6.42 Å². The zero-order valence-corrected chi connectivity index (χ0v) is 11.5. The molecule has 0 saturated carbocycles. The normalized spacial score (nSPS) is 11.6. The topological polar surface area (TPSA) is 55.5 Å². The Morgan fingerprint density at radius 1 is 1.44 bits per heavy atom. The van der Waals surface area contributed by atoms with Gasteiger partial charge in [-0.05, 0) is 54.2 Å². The minimum atomic E-state index is -0.199. The third-order valence-corrected chi connectivity index (χ3v) is 3.30. The van der Waals surface area contributed by atoms with Crippen molar-refractivity contribution in [2.75, 3.05) is 7.11 Å². The maximum absolute atomic E-state index is 9.80.